The third-order valence-electron chi connectivity index (χ3n) is 10.6. The normalized spacial score (nSPS) is 35.9. The minimum atomic E-state index is -0.374. The van der Waals surface area contributed by atoms with Gasteiger partial charge in [-0.25, -0.2) is 0 Å². The van der Waals surface area contributed by atoms with Crippen molar-refractivity contribution in [2.24, 2.45) is 17.3 Å². The first-order valence-corrected chi connectivity index (χ1v) is 14.7. The lowest BCUT2D eigenvalue weighted by atomic mass is 9.46. The van der Waals surface area contributed by atoms with Gasteiger partial charge in [0.1, 0.15) is 0 Å². The summed E-state index contributed by atoms with van der Waals surface area (Å²) in [6, 6.07) is 9.36. The maximum atomic E-state index is 12.9. The minimum absolute atomic E-state index is 0.170. The molecular formula is C30H46N4O2. The largest absolute Gasteiger partial charge is 0.390 e. The molecular weight excluding hydrogens is 448 g/mol. The van der Waals surface area contributed by atoms with Crippen molar-refractivity contribution in [1.29, 1.82) is 0 Å². The Bertz CT molecular complexity index is 919. The van der Waals surface area contributed by atoms with Crippen molar-refractivity contribution < 1.29 is 9.90 Å². The molecule has 36 heavy (non-hydrogen) atoms. The second-order valence-corrected chi connectivity index (χ2v) is 13.0. The summed E-state index contributed by atoms with van der Waals surface area (Å²) in [5.41, 5.74) is 1.98. The number of hydrogen-bond acceptors (Lipinski definition) is 5. The average Bonchev–Trinajstić information content (AvgIpc) is 2.87. The Hall–Kier alpha value is -1.63. The van der Waals surface area contributed by atoms with E-state index in [0.717, 1.165) is 95.3 Å². The van der Waals surface area contributed by atoms with E-state index in [-0.39, 0.29) is 11.5 Å². The van der Waals surface area contributed by atoms with Crippen LogP contribution in [0.5, 0.6) is 0 Å². The van der Waals surface area contributed by atoms with Crippen LogP contribution in [0.4, 0.5) is 5.69 Å². The SMILES string of the molecule is CCN1CCN(C(=O)c2ccc(N3CCC(N[C@@H](C)C45C[C@H]6C[C@@H](CC(O)(C6)C4)C5)CC3)cc2)CC1. The van der Waals surface area contributed by atoms with E-state index in [1.54, 1.807) is 0 Å². The maximum Gasteiger partial charge on any atom is 0.253 e. The molecule has 0 radical (unpaired) electrons. The minimum Gasteiger partial charge on any atom is -0.390 e. The number of carbonyl (C=O) groups excluding carboxylic acids is 1. The standard InChI is InChI=1S/C30H46N4O2/c1-3-32-12-14-34(15-13-32)28(35)25-4-6-27(7-5-25)33-10-8-26(9-11-33)31-22(2)29-17-23-16-24(18-29)20-30(36,19-23)21-29/h4-7,22-24,26,31,36H,3,8-21H2,1-2H3/t22-,23+,24+,29?,30?/m0/s1. The number of piperidine rings is 1. The van der Waals surface area contributed by atoms with E-state index in [1.165, 1.54) is 24.9 Å². The Morgan fingerprint density at radius 3 is 2.22 bits per heavy atom. The summed E-state index contributed by atoms with van der Waals surface area (Å²) in [6.07, 6.45) is 9.41. The van der Waals surface area contributed by atoms with Gasteiger partial charge in [-0.15, -0.1) is 0 Å². The fourth-order valence-corrected chi connectivity index (χ4v) is 8.89. The van der Waals surface area contributed by atoms with Crippen LogP contribution in [-0.2, 0) is 0 Å². The third-order valence-corrected chi connectivity index (χ3v) is 10.6. The van der Waals surface area contributed by atoms with Crippen LogP contribution in [0.2, 0.25) is 0 Å². The lowest BCUT2D eigenvalue weighted by molar-refractivity contribution is -0.172. The molecule has 198 valence electrons. The number of carbonyl (C=O) groups is 1. The molecule has 4 saturated carbocycles. The molecule has 2 saturated heterocycles. The van der Waals surface area contributed by atoms with Gasteiger partial charge in [0.05, 0.1) is 5.60 Å². The zero-order valence-electron chi connectivity index (χ0n) is 22.4. The number of likely N-dealkylation sites (N-methyl/N-ethyl adjacent to an activating group) is 1. The average molecular weight is 495 g/mol. The molecule has 0 aromatic heterocycles. The summed E-state index contributed by atoms with van der Waals surface area (Å²) in [5, 5.41) is 15.2. The highest BCUT2D eigenvalue weighted by Crippen LogP contribution is 2.62. The molecule has 6 fully saturated rings. The van der Waals surface area contributed by atoms with Gasteiger partial charge in [0.15, 0.2) is 0 Å². The summed E-state index contributed by atoms with van der Waals surface area (Å²) in [6.45, 7) is 11.4. The van der Waals surface area contributed by atoms with Gasteiger partial charge in [-0.05, 0) is 106 Å². The molecule has 4 bridgehead atoms. The van der Waals surface area contributed by atoms with Crippen LogP contribution in [0, 0.1) is 17.3 Å². The molecule has 1 aromatic rings. The van der Waals surface area contributed by atoms with Crippen molar-refractivity contribution >= 4 is 11.6 Å². The Labute approximate surface area is 217 Å². The topological polar surface area (TPSA) is 59.0 Å². The first-order valence-electron chi connectivity index (χ1n) is 14.7. The number of rotatable bonds is 6. The third kappa shape index (κ3) is 4.69. The van der Waals surface area contributed by atoms with Crippen LogP contribution in [0.25, 0.3) is 0 Å². The summed E-state index contributed by atoms with van der Waals surface area (Å²) in [5.74, 6) is 1.67. The van der Waals surface area contributed by atoms with E-state index < -0.39 is 0 Å². The van der Waals surface area contributed by atoms with Gasteiger partial charge in [-0.3, -0.25) is 4.79 Å². The molecule has 1 aromatic carbocycles. The van der Waals surface area contributed by atoms with Crippen LogP contribution in [0.1, 0.15) is 75.6 Å². The summed E-state index contributed by atoms with van der Waals surface area (Å²) in [4.78, 5) is 19.8. The van der Waals surface area contributed by atoms with Gasteiger partial charge in [0.25, 0.3) is 5.91 Å². The van der Waals surface area contributed by atoms with E-state index >= 15 is 0 Å². The fourth-order valence-electron chi connectivity index (χ4n) is 8.89. The van der Waals surface area contributed by atoms with Gasteiger partial charge < -0.3 is 25.1 Å². The number of piperazine rings is 1. The number of benzene rings is 1. The van der Waals surface area contributed by atoms with Gasteiger partial charge in [0, 0.05) is 62.6 Å². The molecule has 6 heteroatoms. The second-order valence-electron chi connectivity index (χ2n) is 13.0. The van der Waals surface area contributed by atoms with Crippen LogP contribution in [0.3, 0.4) is 0 Å². The quantitative estimate of drug-likeness (QED) is 0.631. The molecule has 0 unspecified atom stereocenters. The van der Waals surface area contributed by atoms with E-state index in [9.17, 15) is 9.90 Å². The van der Waals surface area contributed by atoms with E-state index in [4.69, 9.17) is 0 Å². The highest BCUT2D eigenvalue weighted by molar-refractivity contribution is 5.94. The zero-order valence-corrected chi connectivity index (χ0v) is 22.4. The van der Waals surface area contributed by atoms with E-state index in [1.807, 2.05) is 17.0 Å². The molecule has 4 aliphatic carbocycles. The Kier molecular flexibility index (Phi) is 6.58. The predicted octanol–water partition coefficient (Wildman–Crippen LogP) is 3.74. The molecule has 0 spiro atoms. The molecule has 2 aliphatic heterocycles. The summed E-state index contributed by atoms with van der Waals surface area (Å²) < 4.78 is 0. The van der Waals surface area contributed by atoms with Crippen LogP contribution < -0.4 is 10.2 Å². The lowest BCUT2D eigenvalue weighted by Gasteiger charge is -2.62. The Morgan fingerprint density at radius 1 is 1.00 bits per heavy atom. The van der Waals surface area contributed by atoms with Crippen LogP contribution >= 0.6 is 0 Å². The predicted molar refractivity (Wildman–Crippen MR) is 144 cm³/mol. The molecule has 3 atom stereocenters. The number of hydrogen-bond donors (Lipinski definition) is 2. The van der Waals surface area contributed by atoms with Crippen molar-refractivity contribution in [3.63, 3.8) is 0 Å². The van der Waals surface area contributed by atoms with Crippen molar-refractivity contribution in [2.45, 2.75) is 82.9 Å². The number of nitrogens with zero attached hydrogens (tertiary/aromatic N) is 3. The highest BCUT2D eigenvalue weighted by Gasteiger charge is 2.58. The first-order chi connectivity index (χ1) is 17.3. The number of anilines is 1. The smallest absolute Gasteiger partial charge is 0.253 e. The number of aliphatic hydroxyl groups is 1. The second kappa shape index (κ2) is 9.59. The van der Waals surface area contributed by atoms with Crippen molar-refractivity contribution in [3.05, 3.63) is 29.8 Å². The molecule has 7 rings (SSSR count). The van der Waals surface area contributed by atoms with Gasteiger partial charge in [-0.2, -0.15) is 0 Å². The zero-order chi connectivity index (χ0) is 24.9. The van der Waals surface area contributed by atoms with Gasteiger partial charge in [0.2, 0.25) is 0 Å². The number of nitrogens with one attached hydrogen (secondary N) is 1. The molecule has 6 aliphatic rings. The first kappa shape index (κ1) is 24.7. The van der Waals surface area contributed by atoms with Crippen LogP contribution in [0.15, 0.2) is 24.3 Å². The van der Waals surface area contributed by atoms with Crippen LogP contribution in [-0.4, -0.2) is 84.3 Å². The molecule has 2 heterocycles. The van der Waals surface area contributed by atoms with Crippen molar-refractivity contribution in [2.75, 3.05) is 50.7 Å². The monoisotopic (exact) mass is 494 g/mol. The van der Waals surface area contributed by atoms with E-state index in [0.29, 0.717) is 17.5 Å². The van der Waals surface area contributed by atoms with Gasteiger partial charge >= 0.3 is 0 Å². The van der Waals surface area contributed by atoms with Crippen molar-refractivity contribution in [3.8, 4) is 0 Å². The van der Waals surface area contributed by atoms with Gasteiger partial charge in [-0.1, -0.05) is 6.92 Å². The summed E-state index contributed by atoms with van der Waals surface area (Å²) in [7, 11) is 0. The van der Waals surface area contributed by atoms with Crippen molar-refractivity contribution in [1.82, 2.24) is 15.1 Å². The lowest BCUT2D eigenvalue weighted by Crippen LogP contribution is -2.62. The molecule has 1 amide bonds. The maximum absolute atomic E-state index is 12.9. The Balaban J connectivity index is 1.01. The molecule has 2 N–H and O–H groups in total. The highest BCUT2D eigenvalue weighted by atomic mass is 16.3. The fraction of sp³-hybridized carbons (Fsp3) is 0.767. The summed E-state index contributed by atoms with van der Waals surface area (Å²) >= 11 is 0. The number of amides is 1. The van der Waals surface area contributed by atoms with E-state index in [2.05, 4.69) is 41.1 Å². The molecule has 6 nitrogen and oxygen atoms in total. The Morgan fingerprint density at radius 2 is 1.64 bits per heavy atom.